The fourth-order valence-corrected chi connectivity index (χ4v) is 2.46. The van der Waals surface area contributed by atoms with Crippen LogP contribution in [0, 0.1) is 20.8 Å². The molecule has 1 aromatic carbocycles. The highest BCUT2D eigenvalue weighted by atomic mass is 16.5. The highest BCUT2D eigenvalue weighted by Crippen LogP contribution is 2.24. The minimum Gasteiger partial charge on any atom is -0.339 e. The molecule has 22 heavy (non-hydrogen) atoms. The standard InChI is InChI=1S/C16H18N4O2/c1-10-6-4-7-11(2)15(10)16-18-14(22-20-16)9-5-8-13-17-12(3)19-21-13/h4,6-7H,5,8-9H2,1-3H3. The summed E-state index contributed by atoms with van der Waals surface area (Å²) in [7, 11) is 0. The van der Waals surface area contributed by atoms with Crippen LogP contribution in [0.15, 0.2) is 27.2 Å². The number of rotatable bonds is 5. The van der Waals surface area contributed by atoms with Crippen LogP contribution in [-0.2, 0) is 12.8 Å². The van der Waals surface area contributed by atoms with Crippen LogP contribution < -0.4 is 0 Å². The first kappa shape index (κ1) is 14.4. The third-order valence-corrected chi connectivity index (χ3v) is 3.52. The van der Waals surface area contributed by atoms with E-state index in [1.54, 1.807) is 0 Å². The van der Waals surface area contributed by atoms with E-state index in [0.29, 0.717) is 36.3 Å². The van der Waals surface area contributed by atoms with Crippen LogP contribution in [0.5, 0.6) is 0 Å². The Morgan fingerprint density at radius 3 is 2.14 bits per heavy atom. The van der Waals surface area contributed by atoms with Crippen LogP contribution in [-0.4, -0.2) is 20.3 Å². The first-order chi connectivity index (χ1) is 10.6. The van der Waals surface area contributed by atoms with Crippen molar-refractivity contribution < 1.29 is 9.05 Å². The normalized spacial score (nSPS) is 11.0. The van der Waals surface area contributed by atoms with Gasteiger partial charge in [-0.15, -0.1) is 0 Å². The lowest BCUT2D eigenvalue weighted by atomic mass is 10.0. The van der Waals surface area contributed by atoms with Crippen molar-refractivity contribution in [1.82, 2.24) is 20.3 Å². The Balaban J connectivity index is 1.66. The zero-order valence-electron chi connectivity index (χ0n) is 13.0. The molecule has 0 unspecified atom stereocenters. The van der Waals surface area contributed by atoms with Crippen LogP contribution in [0.2, 0.25) is 0 Å². The first-order valence-corrected chi connectivity index (χ1v) is 7.32. The second kappa shape index (κ2) is 6.09. The molecule has 0 aliphatic rings. The minimum atomic E-state index is 0.633. The lowest BCUT2D eigenvalue weighted by molar-refractivity contribution is 0.358. The molecule has 0 saturated heterocycles. The molecule has 0 saturated carbocycles. The summed E-state index contributed by atoms with van der Waals surface area (Å²) in [4.78, 5) is 8.67. The van der Waals surface area contributed by atoms with Crippen molar-refractivity contribution in [2.45, 2.75) is 40.0 Å². The van der Waals surface area contributed by atoms with Crippen molar-refractivity contribution in [3.05, 3.63) is 46.9 Å². The molecule has 0 amide bonds. The van der Waals surface area contributed by atoms with Crippen LogP contribution >= 0.6 is 0 Å². The molecule has 0 N–H and O–H groups in total. The molecule has 6 nitrogen and oxygen atoms in total. The van der Waals surface area contributed by atoms with E-state index in [4.69, 9.17) is 9.05 Å². The molecule has 2 aromatic heterocycles. The highest BCUT2D eigenvalue weighted by Gasteiger charge is 2.13. The van der Waals surface area contributed by atoms with Crippen molar-refractivity contribution in [1.29, 1.82) is 0 Å². The molecule has 114 valence electrons. The van der Waals surface area contributed by atoms with E-state index in [1.807, 2.05) is 13.0 Å². The van der Waals surface area contributed by atoms with Gasteiger partial charge in [-0.2, -0.15) is 9.97 Å². The van der Waals surface area contributed by atoms with Crippen molar-refractivity contribution >= 4 is 0 Å². The summed E-state index contributed by atoms with van der Waals surface area (Å²) in [6.07, 6.45) is 2.23. The fraction of sp³-hybridized carbons (Fsp3) is 0.375. The molecular weight excluding hydrogens is 280 g/mol. The predicted octanol–water partition coefficient (Wildman–Crippen LogP) is 3.22. The highest BCUT2D eigenvalue weighted by molar-refractivity contribution is 5.63. The molecule has 3 aromatic rings. The van der Waals surface area contributed by atoms with Crippen molar-refractivity contribution in [2.75, 3.05) is 0 Å². The van der Waals surface area contributed by atoms with E-state index in [9.17, 15) is 0 Å². The molecule has 0 bridgehead atoms. The first-order valence-electron chi connectivity index (χ1n) is 7.32. The molecule has 0 aliphatic heterocycles. The van der Waals surface area contributed by atoms with Gasteiger partial charge in [0.05, 0.1) is 0 Å². The monoisotopic (exact) mass is 298 g/mol. The quantitative estimate of drug-likeness (QED) is 0.719. The van der Waals surface area contributed by atoms with E-state index in [1.165, 1.54) is 0 Å². The fourth-order valence-electron chi connectivity index (χ4n) is 2.46. The van der Waals surface area contributed by atoms with Gasteiger partial charge in [0, 0.05) is 18.4 Å². The number of hydrogen-bond acceptors (Lipinski definition) is 6. The summed E-state index contributed by atoms with van der Waals surface area (Å²) in [5.74, 6) is 2.59. The summed E-state index contributed by atoms with van der Waals surface area (Å²) in [6, 6.07) is 6.13. The predicted molar refractivity (Wildman–Crippen MR) is 80.3 cm³/mol. The van der Waals surface area contributed by atoms with E-state index < -0.39 is 0 Å². The maximum atomic E-state index is 5.34. The second-order valence-electron chi connectivity index (χ2n) is 5.37. The third-order valence-electron chi connectivity index (χ3n) is 3.52. The SMILES string of the molecule is Cc1noc(CCCc2nc(-c3c(C)cccc3C)no2)n1. The topological polar surface area (TPSA) is 77.8 Å². The Morgan fingerprint density at radius 2 is 1.50 bits per heavy atom. The molecule has 0 radical (unpaired) electrons. The van der Waals surface area contributed by atoms with Gasteiger partial charge < -0.3 is 9.05 Å². The summed E-state index contributed by atoms with van der Waals surface area (Å²) >= 11 is 0. The number of aromatic nitrogens is 4. The summed E-state index contributed by atoms with van der Waals surface area (Å²) in [5.41, 5.74) is 3.34. The van der Waals surface area contributed by atoms with Gasteiger partial charge in [0.2, 0.25) is 17.6 Å². The summed E-state index contributed by atoms with van der Waals surface area (Å²) < 4.78 is 10.4. The molecular formula is C16H18N4O2. The molecule has 3 rings (SSSR count). The second-order valence-corrected chi connectivity index (χ2v) is 5.37. The van der Waals surface area contributed by atoms with Gasteiger partial charge in [0.25, 0.3) is 0 Å². The van der Waals surface area contributed by atoms with Crippen LogP contribution in [0.3, 0.4) is 0 Å². The minimum absolute atomic E-state index is 0.633. The molecule has 0 spiro atoms. The van der Waals surface area contributed by atoms with Gasteiger partial charge >= 0.3 is 0 Å². The van der Waals surface area contributed by atoms with Crippen LogP contribution in [0.25, 0.3) is 11.4 Å². The average molecular weight is 298 g/mol. The lowest BCUT2D eigenvalue weighted by Crippen LogP contribution is -1.92. The molecule has 2 heterocycles. The van der Waals surface area contributed by atoms with E-state index in [2.05, 4.69) is 46.3 Å². The zero-order chi connectivity index (χ0) is 15.5. The Morgan fingerprint density at radius 1 is 0.864 bits per heavy atom. The van der Waals surface area contributed by atoms with Crippen LogP contribution in [0.4, 0.5) is 0 Å². The molecule has 0 atom stereocenters. The van der Waals surface area contributed by atoms with Crippen molar-refractivity contribution in [3.63, 3.8) is 0 Å². The number of aryl methyl sites for hydroxylation is 5. The Labute approximate surface area is 128 Å². The summed E-state index contributed by atoms with van der Waals surface area (Å²) in [6.45, 7) is 5.91. The Hall–Kier alpha value is -2.50. The average Bonchev–Trinajstić information content (AvgIpc) is 3.09. The number of hydrogen-bond donors (Lipinski definition) is 0. The van der Waals surface area contributed by atoms with Crippen molar-refractivity contribution in [2.24, 2.45) is 0 Å². The molecule has 0 fully saturated rings. The van der Waals surface area contributed by atoms with Gasteiger partial charge in [-0.1, -0.05) is 28.5 Å². The van der Waals surface area contributed by atoms with E-state index in [0.717, 1.165) is 23.1 Å². The Bertz CT molecular complexity index is 756. The maximum Gasteiger partial charge on any atom is 0.226 e. The third kappa shape index (κ3) is 3.05. The lowest BCUT2D eigenvalue weighted by Gasteiger charge is -2.03. The number of nitrogens with zero attached hydrogens (tertiary/aromatic N) is 4. The smallest absolute Gasteiger partial charge is 0.226 e. The maximum absolute atomic E-state index is 5.34. The van der Waals surface area contributed by atoms with Gasteiger partial charge in [-0.05, 0) is 38.3 Å². The van der Waals surface area contributed by atoms with E-state index in [-0.39, 0.29) is 0 Å². The van der Waals surface area contributed by atoms with Crippen LogP contribution in [0.1, 0.15) is 35.2 Å². The number of benzene rings is 1. The van der Waals surface area contributed by atoms with Gasteiger partial charge in [-0.3, -0.25) is 0 Å². The largest absolute Gasteiger partial charge is 0.339 e. The zero-order valence-corrected chi connectivity index (χ0v) is 13.0. The van der Waals surface area contributed by atoms with Gasteiger partial charge in [0.1, 0.15) is 0 Å². The Kier molecular flexibility index (Phi) is 4.00. The van der Waals surface area contributed by atoms with Crippen molar-refractivity contribution in [3.8, 4) is 11.4 Å². The molecule has 6 heteroatoms. The summed E-state index contributed by atoms with van der Waals surface area (Å²) in [5, 5.41) is 7.87. The molecule has 0 aliphatic carbocycles. The van der Waals surface area contributed by atoms with E-state index >= 15 is 0 Å². The van der Waals surface area contributed by atoms with Gasteiger partial charge in [0.15, 0.2) is 5.82 Å². The van der Waals surface area contributed by atoms with Gasteiger partial charge in [-0.25, -0.2) is 0 Å².